The van der Waals surface area contributed by atoms with Crippen LogP contribution in [0.15, 0.2) is 47.7 Å². The second kappa shape index (κ2) is 13.1. The number of nitrogens with one attached hydrogen (secondary N) is 2. The molecule has 0 aliphatic rings. The van der Waals surface area contributed by atoms with Gasteiger partial charge in [-0.25, -0.2) is 4.99 Å². The van der Waals surface area contributed by atoms with Crippen LogP contribution in [0.4, 0.5) is 8.78 Å². The molecule has 2 N–H and O–H groups in total. The molecule has 2 rings (SSSR count). The van der Waals surface area contributed by atoms with Gasteiger partial charge in [0.1, 0.15) is 18.1 Å². The zero-order chi connectivity index (χ0) is 19.5. The van der Waals surface area contributed by atoms with E-state index in [1.165, 1.54) is 6.07 Å². The molecule has 2 aromatic rings. The average Bonchev–Trinajstić information content (AvgIpc) is 2.65. The number of benzene rings is 1. The Kier molecular flexibility index (Phi) is 11.2. The molecule has 1 aromatic carbocycles. The Morgan fingerprint density at radius 3 is 2.75 bits per heavy atom. The van der Waals surface area contributed by atoms with Crippen molar-refractivity contribution in [3.63, 3.8) is 0 Å². The molecule has 0 aliphatic heterocycles. The molecule has 0 spiro atoms. The lowest BCUT2D eigenvalue weighted by Crippen LogP contribution is -2.39. The van der Waals surface area contributed by atoms with Gasteiger partial charge in [-0.2, -0.15) is 8.78 Å². The topological polar surface area (TPSA) is 67.8 Å². The number of guanidine groups is 1. The van der Waals surface area contributed by atoms with Crippen LogP contribution in [0, 0.1) is 6.92 Å². The van der Waals surface area contributed by atoms with E-state index in [1.807, 2.05) is 19.9 Å². The van der Waals surface area contributed by atoms with Crippen molar-refractivity contribution in [1.82, 2.24) is 15.6 Å². The summed E-state index contributed by atoms with van der Waals surface area (Å²) in [5, 5.41) is 6.25. The molecule has 0 aliphatic carbocycles. The van der Waals surface area contributed by atoms with E-state index in [9.17, 15) is 8.78 Å². The highest BCUT2D eigenvalue weighted by atomic mass is 127. The Labute approximate surface area is 180 Å². The highest BCUT2D eigenvalue weighted by Gasteiger charge is 2.10. The van der Waals surface area contributed by atoms with Crippen molar-refractivity contribution >= 4 is 29.9 Å². The first-order valence-corrected chi connectivity index (χ1v) is 8.68. The molecule has 0 bridgehead atoms. The molecule has 0 saturated heterocycles. The predicted octanol–water partition coefficient (Wildman–Crippen LogP) is 3.74. The second-order valence-electron chi connectivity index (χ2n) is 5.65. The van der Waals surface area contributed by atoms with E-state index in [2.05, 4.69) is 25.3 Å². The molecule has 154 valence electrons. The summed E-state index contributed by atoms with van der Waals surface area (Å²) in [5.74, 6) is 1.39. The molecule has 1 heterocycles. The first kappa shape index (κ1) is 23.9. The number of aryl methyl sites for hydroxylation is 1. The number of hydrogen-bond donors (Lipinski definition) is 2. The summed E-state index contributed by atoms with van der Waals surface area (Å²) in [5.41, 5.74) is 1.55. The first-order chi connectivity index (χ1) is 13.1. The minimum absolute atomic E-state index is 0. The average molecular weight is 506 g/mol. The Morgan fingerprint density at radius 1 is 1.25 bits per heavy atom. The van der Waals surface area contributed by atoms with Crippen LogP contribution >= 0.6 is 24.0 Å². The minimum Gasteiger partial charge on any atom is -0.490 e. The van der Waals surface area contributed by atoms with E-state index in [-0.39, 0.29) is 36.3 Å². The van der Waals surface area contributed by atoms with Crippen LogP contribution in [0.1, 0.15) is 18.1 Å². The van der Waals surface area contributed by atoms with Crippen molar-refractivity contribution in [1.29, 1.82) is 0 Å². The normalized spacial score (nSPS) is 11.0. The fourth-order valence-electron chi connectivity index (χ4n) is 2.32. The number of hydrogen-bond acceptors (Lipinski definition) is 4. The molecule has 6 nitrogen and oxygen atoms in total. The van der Waals surface area contributed by atoms with E-state index >= 15 is 0 Å². The van der Waals surface area contributed by atoms with E-state index in [0.717, 1.165) is 5.56 Å². The Bertz CT molecular complexity index is 733. The SMILES string of the molecule is CCNC(=NCc1cc(C)ccc1OC(F)F)NCCOc1cccnc1.I. The van der Waals surface area contributed by atoms with Gasteiger partial charge in [0.25, 0.3) is 0 Å². The maximum absolute atomic E-state index is 12.6. The smallest absolute Gasteiger partial charge is 0.387 e. The third-order valence-electron chi connectivity index (χ3n) is 3.48. The number of aromatic nitrogens is 1. The Balaban J connectivity index is 0.00000392. The van der Waals surface area contributed by atoms with E-state index in [1.54, 1.807) is 30.6 Å². The zero-order valence-electron chi connectivity index (χ0n) is 15.8. The van der Waals surface area contributed by atoms with Gasteiger partial charge in [-0.1, -0.05) is 17.7 Å². The van der Waals surface area contributed by atoms with Crippen LogP contribution in [0.2, 0.25) is 0 Å². The van der Waals surface area contributed by atoms with Crippen molar-refractivity contribution in [3.8, 4) is 11.5 Å². The summed E-state index contributed by atoms with van der Waals surface area (Å²) in [7, 11) is 0. The molecular formula is C19H25F2IN4O2. The Morgan fingerprint density at radius 2 is 2.07 bits per heavy atom. The lowest BCUT2D eigenvalue weighted by Gasteiger charge is -2.13. The number of aliphatic imine (C=N–C) groups is 1. The van der Waals surface area contributed by atoms with Gasteiger partial charge in [0.05, 0.1) is 19.3 Å². The molecule has 0 unspecified atom stereocenters. The van der Waals surface area contributed by atoms with Crippen molar-refractivity contribution in [2.45, 2.75) is 27.0 Å². The van der Waals surface area contributed by atoms with Crippen molar-refractivity contribution in [2.24, 2.45) is 4.99 Å². The summed E-state index contributed by atoms with van der Waals surface area (Å²) in [6.45, 7) is 2.80. The third-order valence-corrected chi connectivity index (χ3v) is 3.48. The van der Waals surface area contributed by atoms with Crippen LogP contribution in [0.5, 0.6) is 11.5 Å². The quantitative estimate of drug-likeness (QED) is 0.235. The molecule has 0 radical (unpaired) electrons. The maximum Gasteiger partial charge on any atom is 0.387 e. The fraction of sp³-hybridized carbons (Fsp3) is 0.368. The van der Waals surface area contributed by atoms with Gasteiger partial charge in [-0.3, -0.25) is 4.98 Å². The standard InChI is InChI=1S/C19H24F2N4O2.HI/c1-3-23-19(24-9-10-26-16-5-4-8-22-13-16)25-12-15-11-14(2)6-7-17(15)27-18(20)21;/h4-8,11,13,18H,3,9-10,12H2,1-2H3,(H2,23,24,25);1H. The van der Waals surface area contributed by atoms with Gasteiger partial charge in [-0.15, -0.1) is 24.0 Å². The van der Waals surface area contributed by atoms with Crippen molar-refractivity contribution in [2.75, 3.05) is 19.7 Å². The minimum atomic E-state index is -2.87. The first-order valence-electron chi connectivity index (χ1n) is 8.68. The number of pyridine rings is 1. The number of nitrogens with zero attached hydrogens (tertiary/aromatic N) is 2. The van der Waals surface area contributed by atoms with E-state index < -0.39 is 6.61 Å². The van der Waals surface area contributed by atoms with Crippen molar-refractivity contribution in [3.05, 3.63) is 53.9 Å². The van der Waals surface area contributed by atoms with Crippen LogP contribution in [0.25, 0.3) is 0 Å². The molecule has 9 heteroatoms. The van der Waals surface area contributed by atoms with Gasteiger partial charge < -0.3 is 20.1 Å². The summed E-state index contributed by atoms with van der Waals surface area (Å²) in [4.78, 5) is 8.42. The lowest BCUT2D eigenvalue weighted by molar-refractivity contribution is -0.0504. The van der Waals surface area contributed by atoms with Gasteiger partial charge >= 0.3 is 6.61 Å². The van der Waals surface area contributed by atoms with Gasteiger partial charge in [0.2, 0.25) is 0 Å². The molecular weight excluding hydrogens is 481 g/mol. The Hall–Kier alpha value is -2.17. The third kappa shape index (κ3) is 8.68. The maximum atomic E-state index is 12.6. The molecule has 0 saturated carbocycles. The second-order valence-corrected chi connectivity index (χ2v) is 5.65. The van der Waals surface area contributed by atoms with Crippen LogP contribution in [-0.4, -0.2) is 37.3 Å². The van der Waals surface area contributed by atoms with Crippen molar-refractivity contribution < 1.29 is 18.3 Å². The van der Waals surface area contributed by atoms with Gasteiger partial charge in [0.15, 0.2) is 5.96 Å². The molecule has 0 amide bonds. The molecule has 0 atom stereocenters. The number of alkyl halides is 2. The molecule has 0 fully saturated rings. The monoisotopic (exact) mass is 506 g/mol. The number of rotatable bonds is 9. The zero-order valence-corrected chi connectivity index (χ0v) is 18.2. The molecule has 1 aromatic heterocycles. The molecule has 28 heavy (non-hydrogen) atoms. The summed E-state index contributed by atoms with van der Waals surface area (Å²) >= 11 is 0. The number of ether oxygens (including phenoxy) is 2. The van der Waals surface area contributed by atoms with E-state index in [0.29, 0.717) is 37.0 Å². The van der Waals surface area contributed by atoms with Gasteiger partial charge in [0, 0.05) is 18.3 Å². The fourth-order valence-corrected chi connectivity index (χ4v) is 2.32. The summed E-state index contributed by atoms with van der Waals surface area (Å²) in [6, 6.07) is 8.68. The summed E-state index contributed by atoms with van der Waals surface area (Å²) in [6.07, 6.45) is 3.32. The van der Waals surface area contributed by atoms with Crippen LogP contribution in [0.3, 0.4) is 0 Å². The van der Waals surface area contributed by atoms with Crippen LogP contribution < -0.4 is 20.1 Å². The van der Waals surface area contributed by atoms with Gasteiger partial charge in [-0.05, 0) is 32.0 Å². The largest absolute Gasteiger partial charge is 0.490 e. The lowest BCUT2D eigenvalue weighted by atomic mass is 10.1. The highest BCUT2D eigenvalue weighted by Crippen LogP contribution is 2.22. The number of halogens is 3. The predicted molar refractivity (Wildman–Crippen MR) is 116 cm³/mol. The highest BCUT2D eigenvalue weighted by molar-refractivity contribution is 14.0. The van der Waals surface area contributed by atoms with Crippen LogP contribution in [-0.2, 0) is 6.54 Å². The summed E-state index contributed by atoms with van der Waals surface area (Å²) < 4.78 is 35.3. The van der Waals surface area contributed by atoms with E-state index in [4.69, 9.17) is 4.74 Å².